The van der Waals surface area contributed by atoms with E-state index in [2.05, 4.69) is 10.3 Å². The predicted molar refractivity (Wildman–Crippen MR) is 84.6 cm³/mol. The third-order valence-corrected chi connectivity index (χ3v) is 5.32. The predicted octanol–water partition coefficient (Wildman–Crippen LogP) is 4.77. The van der Waals surface area contributed by atoms with Crippen LogP contribution in [0.1, 0.15) is 56.0 Å². The summed E-state index contributed by atoms with van der Waals surface area (Å²) in [6, 6.07) is 4.74. The van der Waals surface area contributed by atoms with Crippen molar-refractivity contribution >= 4 is 22.7 Å². The van der Waals surface area contributed by atoms with Gasteiger partial charge in [-0.25, -0.2) is 4.98 Å². The summed E-state index contributed by atoms with van der Waals surface area (Å²) >= 11 is 6.11. The molecular weight excluding hydrogens is 284 g/mol. The highest BCUT2D eigenvalue weighted by atomic mass is 35.5. The Morgan fingerprint density at radius 3 is 2.95 bits per heavy atom. The van der Waals surface area contributed by atoms with E-state index in [0.717, 1.165) is 39.9 Å². The van der Waals surface area contributed by atoms with Gasteiger partial charge in [0.05, 0.1) is 6.04 Å². The van der Waals surface area contributed by atoms with Crippen molar-refractivity contribution in [3.05, 3.63) is 28.6 Å². The fourth-order valence-corrected chi connectivity index (χ4v) is 4.28. The van der Waals surface area contributed by atoms with Crippen LogP contribution < -0.4 is 5.32 Å². The molecule has 3 nitrogen and oxygen atoms in total. The van der Waals surface area contributed by atoms with Gasteiger partial charge in [0.1, 0.15) is 5.52 Å². The van der Waals surface area contributed by atoms with Crippen LogP contribution in [-0.2, 0) is 0 Å². The van der Waals surface area contributed by atoms with Crippen molar-refractivity contribution in [1.29, 1.82) is 0 Å². The SMILES string of the molecule is Cc1cc(Cl)cc2nc(C3CCC4CCCCC4N3)oc12. The number of aryl methyl sites for hydroxylation is 1. The molecule has 1 aromatic heterocycles. The number of piperidine rings is 1. The normalized spacial score (nSPS) is 29.5. The average molecular weight is 305 g/mol. The van der Waals surface area contributed by atoms with Crippen molar-refractivity contribution < 1.29 is 4.42 Å². The van der Waals surface area contributed by atoms with Crippen LogP contribution in [0.4, 0.5) is 0 Å². The Hall–Kier alpha value is -1.06. The Bertz CT molecular complexity index is 666. The monoisotopic (exact) mass is 304 g/mol. The first-order valence-electron chi connectivity index (χ1n) is 8.03. The molecule has 4 heteroatoms. The number of nitrogens with zero attached hydrogens (tertiary/aromatic N) is 1. The van der Waals surface area contributed by atoms with Crippen LogP contribution >= 0.6 is 11.6 Å². The minimum absolute atomic E-state index is 0.259. The fraction of sp³-hybridized carbons (Fsp3) is 0.588. The van der Waals surface area contributed by atoms with E-state index in [0.29, 0.717) is 6.04 Å². The van der Waals surface area contributed by atoms with Crippen LogP contribution in [0, 0.1) is 12.8 Å². The molecular formula is C17H21ClN2O. The first-order chi connectivity index (χ1) is 10.2. The van der Waals surface area contributed by atoms with E-state index in [1.54, 1.807) is 0 Å². The Morgan fingerprint density at radius 2 is 2.05 bits per heavy atom. The number of rotatable bonds is 1. The molecule has 1 aromatic carbocycles. The zero-order valence-electron chi connectivity index (χ0n) is 12.4. The number of fused-ring (bicyclic) bond motifs is 2. The molecule has 1 saturated carbocycles. The number of hydrogen-bond acceptors (Lipinski definition) is 3. The maximum Gasteiger partial charge on any atom is 0.212 e. The van der Waals surface area contributed by atoms with Crippen LogP contribution in [0.15, 0.2) is 16.5 Å². The second-order valence-corrected chi connectivity index (χ2v) is 7.01. The van der Waals surface area contributed by atoms with E-state index in [1.165, 1.54) is 32.1 Å². The first kappa shape index (κ1) is 13.6. The van der Waals surface area contributed by atoms with Crippen molar-refractivity contribution in [2.24, 2.45) is 5.92 Å². The molecule has 0 spiro atoms. The van der Waals surface area contributed by atoms with Crippen molar-refractivity contribution in [3.63, 3.8) is 0 Å². The van der Waals surface area contributed by atoms with Crippen molar-refractivity contribution in [1.82, 2.24) is 10.3 Å². The lowest BCUT2D eigenvalue weighted by Gasteiger charge is -2.39. The minimum Gasteiger partial charge on any atom is -0.439 e. The van der Waals surface area contributed by atoms with E-state index in [9.17, 15) is 0 Å². The quantitative estimate of drug-likeness (QED) is 0.824. The van der Waals surface area contributed by atoms with Crippen LogP contribution in [-0.4, -0.2) is 11.0 Å². The number of aromatic nitrogens is 1. The second kappa shape index (κ2) is 5.29. The number of benzene rings is 1. The highest BCUT2D eigenvalue weighted by Gasteiger charge is 2.34. The van der Waals surface area contributed by atoms with Gasteiger partial charge >= 0.3 is 0 Å². The number of nitrogens with one attached hydrogen (secondary N) is 1. The second-order valence-electron chi connectivity index (χ2n) is 6.57. The molecule has 1 aliphatic carbocycles. The molecule has 2 heterocycles. The summed E-state index contributed by atoms with van der Waals surface area (Å²) in [6.07, 6.45) is 7.84. The number of oxazole rings is 1. The summed E-state index contributed by atoms with van der Waals surface area (Å²) in [5, 5.41) is 4.50. The summed E-state index contributed by atoms with van der Waals surface area (Å²) in [5.41, 5.74) is 2.81. The fourth-order valence-electron chi connectivity index (χ4n) is 4.01. The lowest BCUT2D eigenvalue weighted by atomic mass is 9.78. The molecule has 3 unspecified atom stereocenters. The molecule has 21 heavy (non-hydrogen) atoms. The van der Waals surface area contributed by atoms with E-state index >= 15 is 0 Å². The molecule has 1 saturated heterocycles. The largest absolute Gasteiger partial charge is 0.439 e. The maximum atomic E-state index is 6.11. The smallest absolute Gasteiger partial charge is 0.212 e. The molecule has 2 aliphatic rings. The molecule has 0 radical (unpaired) electrons. The summed E-state index contributed by atoms with van der Waals surface area (Å²) in [4.78, 5) is 4.68. The van der Waals surface area contributed by atoms with Gasteiger partial charge in [0.15, 0.2) is 5.58 Å². The van der Waals surface area contributed by atoms with Crippen LogP contribution in [0.25, 0.3) is 11.1 Å². The molecule has 2 fully saturated rings. The molecule has 112 valence electrons. The van der Waals surface area contributed by atoms with Crippen LogP contribution in [0.5, 0.6) is 0 Å². The summed E-state index contributed by atoms with van der Waals surface area (Å²) in [7, 11) is 0. The Balaban J connectivity index is 1.63. The van der Waals surface area contributed by atoms with Gasteiger partial charge in [0.25, 0.3) is 0 Å². The van der Waals surface area contributed by atoms with Gasteiger partial charge in [-0.2, -0.15) is 0 Å². The van der Waals surface area contributed by atoms with Gasteiger partial charge in [-0.15, -0.1) is 0 Å². The zero-order chi connectivity index (χ0) is 14.4. The molecule has 1 N–H and O–H groups in total. The Morgan fingerprint density at radius 1 is 1.19 bits per heavy atom. The molecule has 0 amide bonds. The molecule has 4 rings (SSSR count). The van der Waals surface area contributed by atoms with Gasteiger partial charge in [-0.1, -0.05) is 24.4 Å². The maximum absolute atomic E-state index is 6.11. The summed E-state index contributed by atoms with van der Waals surface area (Å²) in [6.45, 7) is 2.02. The highest BCUT2D eigenvalue weighted by molar-refractivity contribution is 6.31. The lowest BCUT2D eigenvalue weighted by Crippen LogP contribution is -2.44. The average Bonchev–Trinajstić information content (AvgIpc) is 2.91. The number of hydrogen-bond donors (Lipinski definition) is 1. The van der Waals surface area contributed by atoms with E-state index in [1.807, 2.05) is 19.1 Å². The molecule has 2 aromatic rings. The first-order valence-corrected chi connectivity index (χ1v) is 8.41. The van der Waals surface area contributed by atoms with Gasteiger partial charge in [-0.05, 0) is 56.2 Å². The van der Waals surface area contributed by atoms with Crippen molar-refractivity contribution in [3.8, 4) is 0 Å². The van der Waals surface area contributed by atoms with Crippen molar-refractivity contribution in [2.45, 2.75) is 57.5 Å². The lowest BCUT2D eigenvalue weighted by molar-refractivity contribution is 0.164. The topological polar surface area (TPSA) is 38.1 Å². The standard InChI is InChI=1S/C17H21ClN2O/c1-10-8-12(18)9-15-16(10)21-17(20-15)14-7-6-11-4-2-3-5-13(11)19-14/h8-9,11,13-14,19H,2-7H2,1H3. The van der Waals surface area contributed by atoms with Gasteiger partial charge in [0.2, 0.25) is 5.89 Å². The minimum atomic E-state index is 0.259. The van der Waals surface area contributed by atoms with E-state index in [4.69, 9.17) is 16.0 Å². The van der Waals surface area contributed by atoms with Crippen LogP contribution in [0.2, 0.25) is 5.02 Å². The van der Waals surface area contributed by atoms with Crippen LogP contribution in [0.3, 0.4) is 0 Å². The third-order valence-electron chi connectivity index (χ3n) is 5.11. The van der Waals surface area contributed by atoms with Gasteiger partial charge in [0, 0.05) is 11.1 Å². The molecule has 3 atom stereocenters. The van der Waals surface area contributed by atoms with E-state index in [-0.39, 0.29) is 6.04 Å². The van der Waals surface area contributed by atoms with Gasteiger partial charge in [-0.3, -0.25) is 0 Å². The Labute approximate surface area is 130 Å². The Kier molecular flexibility index (Phi) is 3.43. The molecule has 1 aliphatic heterocycles. The van der Waals surface area contributed by atoms with Gasteiger partial charge < -0.3 is 9.73 Å². The third kappa shape index (κ3) is 2.47. The highest BCUT2D eigenvalue weighted by Crippen LogP contribution is 2.37. The van der Waals surface area contributed by atoms with Crippen molar-refractivity contribution in [2.75, 3.05) is 0 Å². The van der Waals surface area contributed by atoms with E-state index < -0.39 is 0 Å². The number of halogens is 1. The zero-order valence-corrected chi connectivity index (χ0v) is 13.1. The summed E-state index contributed by atoms with van der Waals surface area (Å²) < 4.78 is 6.04. The molecule has 0 bridgehead atoms. The summed E-state index contributed by atoms with van der Waals surface area (Å²) in [5.74, 6) is 1.69.